The average Bonchev–Trinajstić information content (AvgIpc) is 2.51. The highest BCUT2D eigenvalue weighted by Gasteiger charge is 2.19. The zero-order valence-corrected chi connectivity index (χ0v) is 12.1. The topological polar surface area (TPSA) is 64.3 Å². The Bertz CT molecular complexity index is 567. The third-order valence-electron chi connectivity index (χ3n) is 3.23. The molecule has 0 saturated carbocycles. The van der Waals surface area contributed by atoms with Gasteiger partial charge in [-0.2, -0.15) is 0 Å². The first kappa shape index (κ1) is 15.2. The lowest BCUT2D eigenvalue weighted by atomic mass is 10.1. The largest absolute Gasteiger partial charge is 0.367 e. The van der Waals surface area contributed by atoms with Crippen molar-refractivity contribution in [2.45, 2.75) is 12.5 Å². The number of carbonyl (C=O) groups excluding carboxylic acids is 1. The standard InChI is InChI=1S/C17H20N2O2/c1-21-16(14-5-3-2-4-6-14)17(20)19-15-9-7-13(8-10-15)11-12-18/h2-10,16H,11-12,18H2,1H3,(H,19,20). The van der Waals surface area contributed by atoms with Crippen LogP contribution in [0.1, 0.15) is 17.2 Å². The summed E-state index contributed by atoms with van der Waals surface area (Å²) in [5.41, 5.74) is 8.25. The molecule has 2 rings (SSSR count). The number of ether oxygens (including phenoxy) is 1. The van der Waals surface area contributed by atoms with Gasteiger partial charge in [0.05, 0.1) is 0 Å². The molecule has 0 fully saturated rings. The molecular formula is C17H20N2O2. The second-order valence-corrected chi connectivity index (χ2v) is 4.75. The first-order valence-corrected chi connectivity index (χ1v) is 6.92. The number of nitrogens with one attached hydrogen (secondary N) is 1. The first-order chi connectivity index (χ1) is 10.2. The monoisotopic (exact) mass is 284 g/mol. The third kappa shape index (κ3) is 4.15. The Morgan fingerprint density at radius 1 is 1.14 bits per heavy atom. The van der Waals surface area contributed by atoms with Crippen LogP contribution in [0.3, 0.4) is 0 Å². The maximum Gasteiger partial charge on any atom is 0.258 e. The SMILES string of the molecule is COC(C(=O)Nc1ccc(CCN)cc1)c1ccccc1. The van der Waals surface area contributed by atoms with Gasteiger partial charge in [-0.3, -0.25) is 4.79 Å². The molecule has 0 heterocycles. The van der Waals surface area contributed by atoms with Gasteiger partial charge in [-0.15, -0.1) is 0 Å². The molecule has 3 N–H and O–H groups in total. The predicted octanol–water partition coefficient (Wildman–Crippen LogP) is 2.51. The summed E-state index contributed by atoms with van der Waals surface area (Å²) in [4.78, 5) is 12.3. The number of hydrogen-bond donors (Lipinski definition) is 2. The number of anilines is 1. The van der Waals surface area contributed by atoms with E-state index in [0.717, 1.165) is 23.2 Å². The lowest BCUT2D eigenvalue weighted by Crippen LogP contribution is -2.22. The summed E-state index contributed by atoms with van der Waals surface area (Å²) >= 11 is 0. The minimum absolute atomic E-state index is 0.185. The van der Waals surface area contributed by atoms with Crippen LogP contribution >= 0.6 is 0 Å². The number of benzene rings is 2. The molecule has 0 aliphatic carbocycles. The van der Waals surface area contributed by atoms with Crippen LogP contribution in [0.25, 0.3) is 0 Å². The lowest BCUT2D eigenvalue weighted by Gasteiger charge is -2.15. The molecule has 0 aliphatic rings. The van der Waals surface area contributed by atoms with Gasteiger partial charge in [0.2, 0.25) is 0 Å². The number of amides is 1. The third-order valence-corrected chi connectivity index (χ3v) is 3.23. The van der Waals surface area contributed by atoms with Gasteiger partial charge in [-0.1, -0.05) is 42.5 Å². The van der Waals surface area contributed by atoms with Gasteiger partial charge in [0.15, 0.2) is 6.10 Å². The molecular weight excluding hydrogens is 264 g/mol. The summed E-state index contributed by atoms with van der Waals surface area (Å²) in [5.74, 6) is -0.185. The van der Waals surface area contributed by atoms with Crippen molar-refractivity contribution in [2.24, 2.45) is 5.73 Å². The number of nitrogens with two attached hydrogens (primary N) is 1. The Labute approximate surface area is 124 Å². The highest BCUT2D eigenvalue weighted by molar-refractivity contribution is 5.94. The van der Waals surface area contributed by atoms with Gasteiger partial charge in [-0.25, -0.2) is 0 Å². The highest BCUT2D eigenvalue weighted by atomic mass is 16.5. The van der Waals surface area contributed by atoms with Crippen molar-refractivity contribution in [1.82, 2.24) is 0 Å². The minimum atomic E-state index is -0.616. The summed E-state index contributed by atoms with van der Waals surface area (Å²) < 4.78 is 5.30. The van der Waals surface area contributed by atoms with Crippen molar-refractivity contribution in [3.05, 3.63) is 65.7 Å². The van der Waals surface area contributed by atoms with Crippen molar-refractivity contribution >= 4 is 11.6 Å². The summed E-state index contributed by atoms with van der Waals surface area (Å²) in [6.45, 7) is 0.617. The average molecular weight is 284 g/mol. The lowest BCUT2D eigenvalue weighted by molar-refractivity contribution is -0.126. The molecule has 0 radical (unpaired) electrons. The summed E-state index contributed by atoms with van der Waals surface area (Å²) in [6.07, 6.45) is 0.216. The first-order valence-electron chi connectivity index (χ1n) is 6.92. The smallest absolute Gasteiger partial charge is 0.258 e. The molecule has 4 nitrogen and oxygen atoms in total. The van der Waals surface area contributed by atoms with Gasteiger partial charge >= 0.3 is 0 Å². The Balaban J connectivity index is 2.05. The van der Waals surface area contributed by atoms with Crippen LogP contribution in [0.5, 0.6) is 0 Å². The summed E-state index contributed by atoms with van der Waals surface area (Å²) in [5, 5.41) is 2.87. The van der Waals surface area contributed by atoms with E-state index in [4.69, 9.17) is 10.5 Å². The van der Waals surface area contributed by atoms with E-state index in [1.165, 1.54) is 7.11 Å². The summed E-state index contributed by atoms with van der Waals surface area (Å²) in [6, 6.07) is 17.1. The quantitative estimate of drug-likeness (QED) is 0.856. The fourth-order valence-corrected chi connectivity index (χ4v) is 2.15. The van der Waals surface area contributed by atoms with E-state index in [-0.39, 0.29) is 5.91 Å². The molecule has 0 spiro atoms. The Morgan fingerprint density at radius 3 is 2.38 bits per heavy atom. The highest BCUT2D eigenvalue weighted by Crippen LogP contribution is 2.19. The fourth-order valence-electron chi connectivity index (χ4n) is 2.15. The number of rotatable bonds is 6. The second kappa shape index (κ2) is 7.57. The van der Waals surface area contributed by atoms with Crippen molar-refractivity contribution in [3.8, 4) is 0 Å². The molecule has 2 aromatic rings. The van der Waals surface area contributed by atoms with E-state index in [0.29, 0.717) is 6.54 Å². The maximum absolute atomic E-state index is 12.3. The van der Waals surface area contributed by atoms with E-state index in [1.54, 1.807) is 0 Å². The van der Waals surface area contributed by atoms with Crippen molar-refractivity contribution in [2.75, 3.05) is 19.0 Å². The van der Waals surface area contributed by atoms with Crippen LogP contribution in [0.2, 0.25) is 0 Å². The van der Waals surface area contributed by atoms with E-state index in [2.05, 4.69) is 5.32 Å². The Hall–Kier alpha value is -2.17. The van der Waals surface area contributed by atoms with Crippen LogP contribution < -0.4 is 11.1 Å². The van der Waals surface area contributed by atoms with Crippen LogP contribution in [-0.4, -0.2) is 19.6 Å². The number of methoxy groups -OCH3 is 1. The molecule has 1 amide bonds. The number of hydrogen-bond acceptors (Lipinski definition) is 3. The van der Waals surface area contributed by atoms with Gasteiger partial charge in [-0.05, 0) is 36.2 Å². The number of carbonyl (C=O) groups is 1. The molecule has 110 valence electrons. The Kier molecular flexibility index (Phi) is 5.49. The van der Waals surface area contributed by atoms with Gasteiger partial charge in [0, 0.05) is 12.8 Å². The van der Waals surface area contributed by atoms with E-state index in [1.807, 2.05) is 54.6 Å². The fraction of sp³-hybridized carbons (Fsp3) is 0.235. The van der Waals surface area contributed by atoms with Crippen LogP contribution in [0, 0.1) is 0 Å². The van der Waals surface area contributed by atoms with Gasteiger partial charge in [0.1, 0.15) is 0 Å². The molecule has 0 bridgehead atoms. The summed E-state index contributed by atoms with van der Waals surface area (Å²) in [7, 11) is 1.53. The zero-order chi connectivity index (χ0) is 15.1. The molecule has 21 heavy (non-hydrogen) atoms. The van der Waals surface area contributed by atoms with E-state index in [9.17, 15) is 4.79 Å². The van der Waals surface area contributed by atoms with E-state index >= 15 is 0 Å². The van der Waals surface area contributed by atoms with Crippen molar-refractivity contribution in [3.63, 3.8) is 0 Å². The molecule has 4 heteroatoms. The molecule has 0 aliphatic heterocycles. The second-order valence-electron chi connectivity index (χ2n) is 4.75. The molecule has 2 aromatic carbocycles. The molecule has 0 saturated heterocycles. The van der Waals surface area contributed by atoms with E-state index < -0.39 is 6.10 Å². The zero-order valence-electron chi connectivity index (χ0n) is 12.1. The normalized spacial score (nSPS) is 11.9. The van der Waals surface area contributed by atoms with Gasteiger partial charge in [0.25, 0.3) is 5.91 Å². The molecule has 1 unspecified atom stereocenters. The Morgan fingerprint density at radius 2 is 1.81 bits per heavy atom. The maximum atomic E-state index is 12.3. The van der Waals surface area contributed by atoms with Gasteiger partial charge < -0.3 is 15.8 Å². The van der Waals surface area contributed by atoms with Crippen molar-refractivity contribution in [1.29, 1.82) is 0 Å². The molecule has 0 aromatic heterocycles. The van der Waals surface area contributed by atoms with Crippen LogP contribution in [0.15, 0.2) is 54.6 Å². The van der Waals surface area contributed by atoms with Crippen molar-refractivity contribution < 1.29 is 9.53 Å². The van der Waals surface area contributed by atoms with Crippen LogP contribution in [-0.2, 0) is 16.0 Å². The van der Waals surface area contributed by atoms with Crippen LogP contribution in [0.4, 0.5) is 5.69 Å². The minimum Gasteiger partial charge on any atom is -0.367 e. The molecule has 1 atom stereocenters. The predicted molar refractivity (Wildman–Crippen MR) is 84.0 cm³/mol.